The molecule has 0 radical (unpaired) electrons. The maximum Gasteiger partial charge on any atom is 0.330 e. The highest BCUT2D eigenvalue weighted by atomic mass is 16.5. The third-order valence-corrected chi connectivity index (χ3v) is 5.72. The van der Waals surface area contributed by atoms with Gasteiger partial charge in [-0.15, -0.1) is 6.58 Å². The molecule has 4 heteroatoms. The van der Waals surface area contributed by atoms with Gasteiger partial charge in [0, 0.05) is 35.3 Å². The van der Waals surface area contributed by atoms with Crippen molar-refractivity contribution in [2.75, 3.05) is 13.7 Å². The molecule has 1 aliphatic heterocycles. The Morgan fingerprint density at radius 2 is 2.00 bits per heavy atom. The zero-order valence-corrected chi connectivity index (χ0v) is 16.9. The van der Waals surface area contributed by atoms with E-state index in [4.69, 9.17) is 0 Å². The van der Waals surface area contributed by atoms with Gasteiger partial charge in [-0.1, -0.05) is 48.5 Å². The first-order valence-corrected chi connectivity index (χ1v) is 9.94. The molecule has 148 valence electrons. The van der Waals surface area contributed by atoms with E-state index < -0.39 is 0 Å². The van der Waals surface area contributed by atoms with Crippen LogP contribution in [0.1, 0.15) is 35.3 Å². The van der Waals surface area contributed by atoms with Crippen molar-refractivity contribution in [2.45, 2.75) is 25.4 Å². The number of nitrogens with zero attached hydrogens (tertiary/aromatic N) is 1. The van der Waals surface area contributed by atoms with Crippen molar-refractivity contribution in [1.29, 1.82) is 0 Å². The summed E-state index contributed by atoms with van der Waals surface area (Å²) in [5, 5.41) is 1.32. The molecule has 1 aromatic heterocycles. The van der Waals surface area contributed by atoms with Gasteiger partial charge in [0.15, 0.2) is 0 Å². The molecule has 1 aliphatic rings. The Hall–Kier alpha value is -3.11. The minimum Gasteiger partial charge on any atom is -0.466 e. The smallest absolute Gasteiger partial charge is 0.330 e. The lowest BCUT2D eigenvalue weighted by molar-refractivity contribution is -0.134. The summed E-state index contributed by atoms with van der Waals surface area (Å²) in [6, 6.07) is 17.5. The molecule has 2 atom stereocenters. The van der Waals surface area contributed by atoms with Crippen molar-refractivity contribution < 1.29 is 9.53 Å². The molecule has 0 unspecified atom stereocenters. The van der Waals surface area contributed by atoms with Gasteiger partial charge < -0.3 is 9.72 Å². The SMILES string of the molecule is C=CCN1[C@@H](c2ccc(C=CC(=O)OC)cc2)c2[nH]c3ccccc3c2C[C@H]1C. The van der Waals surface area contributed by atoms with E-state index in [-0.39, 0.29) is 12.0 Å². The van der Waals surface area contributed by atoms with Crippen LogP contribution in [0, 0.1) is 0 Å². The van der Waals surface area contributed by atoms with Crippen LogP contribution >= 0.6 is 0 Å². The molecule has 2 heterocycles. The fourth-order valence-corrected chi connectivity index (χ4v) is 4.32. The quantitative estimate of drug-likeness (QED) is 0.386. The first-order valence-electron chi connectivity index (χ1n) is 9.94. The van der Waals surface area contributed by atoms with Crippen LogP contribution in [0.2, 0.25) is 0 Å². The molecule has 0 aliphatic carbocycles. The number of methoxy groups -OCH3 is 1. The second kappa shape index (κ2) is 8.10. The van der Waals surface area contributed by atoms with Crippen LogP contribution < -0.4 is 0 Å². The number of carbonyl (C=O) groups excluding carboxylic acids is 1. The topological polar surface area (TPSA) is 45.3 Å². The van der Waals surface area contributed by atoms with Crippen LogP contribution in [0.3, 0.4) is 0 Å². The number of carbonyl (C=O) groups is 1. The van der Waals surface area contributed by atoms with Gasteiger partial charge in [0.2, 0.25) is 0 Å². The van der Waals surface area contributed by atoms with Gasteiger partial charge in [0.25, 0.3) is 0 Å². The summed E-state index contributed by atoms with van der Waals surface area (Å²) in [6.45, 7) is 7.08. The highest BCUT2D eigenvalue weighted by Crippen LogP contribution is 2.40. The van der Waals surface area contributed by atoms with E-state index in [0.717, 1.165) is 18.5 Å². The van der Waals surface area contributed by atoms with Gasteiger partial charge in [-0.05, 0) is 42.2 Å². The highest BCUT2D eigenvalue weighted by molar-refractivity contribution is 5.87. The summed E-state index contributed by atoms with van der Waals surface area (Å²) in [4.78, 5) is 17.5. The van der Waals surface area contributed by atoms with E-state index in [1.165, 1.54) is 40.9 Å². The number of benzene rings is 2. The molecular formula is C25H26N2O2. The summed E-state index contributed by atoms with van der Waals surface area (Å²) < 4.78 is 4.67. The average molecular weight is 386 g/mol. The van der Waals surface area contributed by atoms with Gasteiger partial charge in [-0.25, -0.2) is 4.79 Å². The van der Waals surface area contributed by atoms with Crippen LogP contribution in [-0.4, -0.2) is 35.5 Å². The molecule has 0 fully saturated rings. The molecular weight excluding hydrogens is 360 g/mol. The average Bonchev–Trinajstić information content (AvgIpc) is 3.11. The van der Waals surface area contributed by atoms with Gasteiger partial charge in [0.1, 0.15) is 0 Å². The predicted molar refractivity (Wildman–Crippen MR) is 118 cm³/mol. The molecule has 4 nitrogen and oxygen atoms in total. The van der Waals surface area contributed by atoms with Gasteiger partial charge in [-0.3, -0.25) is 4.90 Å². The van der Waals surface area contributed by atoms with Crippen molar-refractivity contribution in [2.24, 2.45) is 0 Å². The molecule has 1 N–H and O–H groups in total. The van der Waals surface area contributed by atoms with Crippen molar-refractivity contribution in [1.82, 2.24) is 9.88 Å². The van der Waals surface area contributed by atoms with Gasteiger partial charge >= 0.3 is 5.97 Å². The van der Waals surface area contributed by atoms with Gasteiger partial charge in [0.05, 0.1) is 13.2 Å². The number of hydrogen-bond acceptors (Lipinski definition) is 3. The fraction of sp³-hybridized carbons (Fsp3) is 0.240. The molecule has 0 bridgehead atoms. The summed E-state index contributed by atoms with van der Waals surface area (Å²) in [5.41, 5.74) is 6.06. The van der Waals surface area contributed by atoms with E-state index in [0.29, 0.717) is 6.04 Å². The second-order valence-corrected chi connectivity index (χ2v) is 7.53. The van der Waals surface area contributed by atoms with Crippen LogP contribution in [0.25, 0.3) is 17.0 Å². The summed E-state index contributed by atoms with van der Waals surface area (Å²) in [7, 11) is 1.38. The fourth-order valence-electron chi connectivity index (χ4n) is 4.32. The number of hydrogen-bond donors (Lipinski definition) is 1. The summed E-state index contributed by atoms with van der Waals surface area (Å²) in [6.07, 6.45) is 6.21. The number of para-hydroxylation sites is 1. The molecule has 4 rings (SSSR count). The minimum atomic E-state index is -0.352. The van der Waals surface area contributed by atoms with E-state index in [1.807, 2.05) is 18.2 Å². The largest absolute Gasteiger partial charge is 0.466 e. The Kier molecular flexibility index (Phi) is 5.36. The van der Waals surface area contributed by atoms with Gasteiger partial charge in [-0.2, -0.15) is 0 Å². The standard InChI is InChI=1S/C25H26N2O2/c1-4-15-27-17(2)16-21-20-7-5-6-8-22(20)26-24(21)25(27)19-12-9-18(10-13-19)11-14-23(28)29-3/h4-14,17,25-26H,1,15-16H2,2-3H3/t17-,25+/m1/s1. The molecule has 29 heavy (non-hydrogen) atoms. The monoisotopic (exact) mass is 386 g/mol. The second-order valence-electron chi connectivity index (χ2n) is 7.53. The normalized spacial score (nSPS) is 19.4. The number of esters is 1. The molecule has 0 saturated carbocycles. The van der Waals surface area contributed by atoms with Crippen LogP contribution in [0.5, 0.6) is 0 Å². The lowest BCUT2D eigenvalue weighted by Gasteiger charge is -2.40. The molecule has 0 spiro atoms. The van der Waals surface area contributed by atoms with Crippen LogP contribution in [0.4, 0.5) is 0 Å². The third-order valence-electron chi connectivity index (χ3n) is 5.72. The first kappa shape index (κ1) is 19.2. The van der Waals surface area contributed by atoms with E-state index in [9.17, 15) is 4.79 Å². The highest BCUT2D eigenvalue weighted by Gasteiger charge is 2.34. The van der Waals surface area contributed by atoms with Crippen LogP contribution in [0.15, 0.2) is 67.3 Å². The van der Waals surface area contributed by atoms with Crippen molar-refractivity contribution in [3.8, 4) is 0 Å². The van der Waals surface area contributed by atoms with Crippen molar-refractivity contribution in [3.05, 3.63) is 89.6 Å². The van der Waals surface area contributed by atoms with Crippen molar-refractivity contribution in [3.63, 3.8) is 0 Å². The summed E-state index contributed by atoms with van der Waals surface area (Å²) >= 11 is 0. The maximum atomic E-state index is 11.3. The van der Waals surface area contributed by atoms with E-state index >= 15 is 0 Å². The number of rotatable bonds is 5. The predicted octanol–water partition coefficient (Wildman–Crippen LogP) is 4.88. The zero-order valence-electron chi connectivity index (χ0n) is 16.9. The number of nitrogens with one attached hydrogen (secondary N) is 1. The molecule has 3 aromatic rings. The maximum absolute atomic E-state index is 11.3. The first-order chi connectivity index (χ1) is 14.1. The third kappa shape index (κ3) is 3.64. The van der Waals surface area contributed by atoms with Crippen molar-refractivity contribution >= 4 is 22.9 Å². The molecule has 0 saturated heterocycles. The summed E-state index contributed by atoms with van der Waals surface area (Å²) in [5.74, 6) is -0.352. The van der Waals surface area contributed by atoms with E-state index in [1.54, 1.807) is 6.08 Å². The Bertz CT molecular complexity index is 1060. The Balaban J connectivity index is 1.76. The lowest BCUT2D eigenvalue weighted by Crippen LogP contribution is -2.42. The number of fused-ring (bicyclic) bond motifs is 3. The Labute approximate surface area is 171 Å². The number of H-pyrrole nitrogens is 1. The lowest BCUT2D eigenvalue weighted by atomic mass is 9.88. The Morgan fingerprint density at radius 3 is 2.72 bits per heavy atom. The number of ether oxygens (including phenoxy) is 1. The Morgan fingerprint density at radius 1 is 1.24 bits per heavy atom. The molecule has 2 aromatic carbocycles. The number of aromatic amines is 1. The molecule has 0 amide bonds. The zero-order chi connectivity index (χ0) is 20.4. The number of aromatic nitrogens is 1. The van der Waals surface area contributed by atoms with Crippen LogP contribution in [-0.2, 0) is 16.0 Å². The van der Waals surface area contributed by atoms with E-state index in [2.05, 4.69) is 64.5 Å². The minimum absolute atomic E-state index is 0.137.